The molecular formula is C32H38N4O7. The molecule has 6 atom stereocenters. The second kappa shape index (κ2) is 10.7. The van der Waals surface area contributed by atoms with Gasteiger partial charge in [-0.15, -0.1) is 0 Å². The van der Waals surface area contributed by atoms with Crippen molar-refractivity contribution in [3.05, 3.63) is 47.0 Å². The molecule has 4 N–H and O–H groups in total. The molecule has 2 aromatic carbocycles. The molecule has 228 valence electrons. The number of hydrogen-bond donors (Lipinski definition) is 3. The zero-order valence-electron chi connectivity index (χ0n) is 25.2. The number of anilines is 1. The summed E-state index contributed by atoms with van der Waals surface area (Å²) in [6.45, 7) is 0.661. The first-order chi connectivity index (χ1) is 20.1. The third kappa shape index (κ3) is 4.57. The molecule has 2 fully saturated rings. The first-order valence-electron chi connectivity index (χ1n) is 14.3. The normalized spacial score (nSPS) is 28.5. The largest absolute Gasteiger partial charge is 0.507 e. The van der Waals surface area contributed by atoms with Gasteiger partial charge in [-0.05, 0) is 75.8 Å². The van der Waals surface area contributed by atoms with Gasteiger partial charge in [0.2, 0.25) is 5.91 Å². The van der Waals surface area contributed by atoms with Crippen molar-refractivity contribution in [2.75, 3.05) is 47.2 Å². The van der Waals surface area contributed by atoms with Crippen LogP contribution in [0.3, 0.4) is 0 Å². The Hall–Kier alpha value is -3.93. The van der Waals surface area contributed by atoms with Crippen molar-refractivity contribution in [2.24, 2.45) is 29.4 Å². The molecule has 0 aromatic heterocycles. The summed E-state index contributed by atoms with van der Waals surface area (Å²) < 4.78 is 0. The van der Waals surface area contributed by atoms with Crippen molar-refractivity contribution in [2.45, 2.75) is 31.0 Å². The predicted molar refractivity (Wildman–Crippen MR) is 159 cm³/mol. The summed E-state index contributed by atoms with van der Waals surface area (Å²) in [5.74, 6) is -10.6. The fourth-order valence-electron chi connectivity index (χ4n) is 7.47. The number of nitrogens with two attached hydrogens (primary N) is 1. The van der Waals surface area contributed by atoms with Gasteiger partial charge in [-0.3, -0.25) is 28.9 Å². The number of Topliss-reactive ketones (excluding diaryl/α,β-unsaturated/α-hetero) is 4. The van der Waals surface area contributed by atoms with Gasteiger partial charge in [-0.1, -0.05) is 18.2 Å². The number of fused-ring (bicyclic) bond motifs is 3. The average Bonchev–Trinajstić information content (AvgIpc) is 2.90. The van der Waals surface area contributed by atoms with Crippen LogP contribution in [0, 0.1) is 23.7 Å². The number of carbonyl (C=O) groups excluding carboxylic acids is 5. The first kappa shape index (κ1) is 30.5. The highest BCUT2D eigenvalue weighted by Crippen LogP contribution is 2.53. The lowest BCUT2D eigenvalue weighted by molar-refractivity contribution is -0.181. The van der Waals surface area contributed by atoms with Gasteiger partial charge in [0.25, 0.3) is 0 Å². The van der Waals surface area contributed by atoms with Crippen LogP contribution in [0.15, 0.2) is 30.3 Å². The van der Waals surface area contributed by atoms with Crippen LogP contribution in [0.2, 0.25) is 0 Å². The zero-order valence-corrected chi connectivity index (χ0v) is 25.2. The Labute approximate surface area is 250 Å². The minimum atomic E-state index is -2.75. The molecule has 11 nitrogen and oxygen atoms in total. The number of primary amides is 1. The smallest absolute Gasteiger partial charge is 0.235 e. The predicted octanol–water partition coefficient (Wildman–Crippen LogP) is 0.662. The van der Waals surface area contributed by atoms with Crippen LogP contribution in [0.5, 0.6) is 5.75 Å². The van der Waals surface area contributed by atoms with Gasteiger partial charge >= 0.3 is 0 Å². The highest BCUT2D eigenvalue weighted by molar-refractivity contribution is 6.32. The molecule has 2 unspecified atom stereocenters. The third-order valence-electron chi connectivity index (χ3n) is 9.26. The maximum atomic E-state index is 14.3. The minimum absolute atomic E-state index is 0.00581. The molecule has 0 heterocycles. The molecule has 0 spiro atoms. The summed E-state index contributed by atoms with van der Waals surface area (Å²) in [6, 6.07) is 8.28. The summed E-state index contributed by atoms with van der Waals surface area (Å²) in [5, 5.41) is 23.4. The van der Waals surface area contributed by atoms with E-state index in [1.54, 1.807) is 14.1 Å². The van der Waals surface area contributed by atoms with E-state index in [0.29, 0.717) is 28.9 Å². The Balaban J connectivity index is 1.67. The SMILES string of the molecule is CN(C)Cc1cccc(-c2cc(N(C)C)c3c(c2O)C(=O)C2C(=O)[C@]4(O)C(=O)C(C(N)=O)C(=O)[C@H](N(C)C)[C@@H]4C[C@@H]2C3)c1. The lowest BCUT2D eigenvalue weighted by Gasteiger charge is -2.52. The number of nitrogens with zero attached hydrogens (tertiary/aromatic N) is 3. The topological polar surface area (TPSA) is 162 Å². The van der Waals surface area contributed by atoms with Crippen LogP contribution in [0.1, 0.15) is 27.9 Å². The van der Waals surface area contributed by atoms with Crippen molar-refractivity contribution in [1.29, 1.82) is 0 Å². The Morgan fingerprint density at radius 3 is 2.28 bits per heavy atom. The second-order valence-corrected chi connectivity index (χ2v) is 12.8. The highest BCUT2D eigenvalue weighted by Gasteiger charge is 2.69. The molecule has 0 saturated heterocycles. The minimum Gasteiger partial charge on any atom is -0.507 e. The Bertz CT molecular complexity index is 1560. The number of likely N-dealkylation sites (N-methyl/N-ethyl adjacent to an activating group) is 1. The Morgan fingerprint density at radius 1 is 1.02 bits per heavy atom. The lowest BCUT2D eigenvalue weighted by atomic mass is 9.52. The number of aliphatic hydroxyl groups is 1. The van der Waals surface area contributed by atoms with E-state index in [1.165, 1.54) is 4.90 Å². The number of ketones is 4. The van der Waals surface area contributed by atoms with Crippen LogP contribution in [-0.2, 0) is 32.1 Å². The number of rotatable bonds is 6. The third-order valence-corrected chi connectivity index (χ3v) is 9.26. The summed E-state index contributed by atoms with van der Waals surface area (Å²) in [7, 11) is 10.7. The maximum absolute atomic E-state index is 14.3. The van der Waals surface area contributed by atoms with E-state index in [2.05, 4.69) is 0 Å². The number of benzene rings is 2. The molecule has 0 aliphatic heterocycles. The van der Waals surface area contributed by atoms with Crippen molar-refractivity contribution >= 4 is 34.7 Å². The van der Waals surface area contributed by atoms with Gasteiger partial charge in [-0.25, -0.2) is 0 Å². The molecule has 1 amide bonds. The molecule has 3 aliphatic rings. The van der Waals surface area contributed by atoms with Crippen LogP contribution in [-0.4, -0.2) is 103 Å². The number of hydrogen-bond acceptors (Lipinski definition) is 10. The molecule has 5 rings (SSSR count). The second-order valence-electron chi connectivity index (χ2n) is 12.8. The quantitative estimate of drug-likeness (QED) is 0.408. The van der Waals surface area contributed by atoms with E-state index in [0.717, 1.165) is 5.56 Å². The van der Waals surface area contributed by atoms with Crippen LogP contribution < -0.4 is 10.6 Å². The van der Waals surface area contributed by atoms with E-state index in [1.807, 2.05) is 68.3 Å². The summed E-state index contributed by atoms with van der Waals surface area (Å²) >= 11 is 0. The number of carbonyl (C=O) groups is 5. The first-order valence-corrected chi connectivity index (χ1v) is 14.3. The van der Waals surface area contributed by atoms with Gasteiger partial charge in [0.05, 0.1) is 17.5 Å². The molecule has 2 aromatic rings. The Kier molecular flexibility index (Phi) is 7.56. The van der Waals surface area contributed by atoms with Crippen molar-refractivity contribution < 1.29 is 34.2 Å². The van der Waals surface area contributed by atoms with E-state index in [-0.39, 0.29) is 24.2 Å². The zero-order chi connectivity index (χ0) is 31.7. The summed E-state index contributed by atoms with van der Waals surface area (Å²) in [6.07, 6.45) is 0.208. The van der Waals surface area contributed by atoms with Gasteiger partial charge in [0.15, 0.2) is 34.7 Å². The number of phenolic OH excluding ortho intramolecular Hbond substituents is 1. The molecule has 0 bridgehead atoms. The van der Waals surface area contributed by atoms with Crippen molar-refractivity contribution in [1.82, 2.24) is 9.80 Å². The highest BCUT2D eigenvalue weighted by atomic mass is 16.3. The van der Waals surface area contributed by atoms with E-state index in [9.17, 15) is 34.2 Å². The molecular weight excluding hydrogens is 552 g/mol. The Morgan fingerprint density at radius 2 is 1.70 bits per heavy atom. The van der Waals surface area contributed by atoms with Crippen molar-refractivity contribution in [3.63, 3.8) is 0 Å². The fourth-order valence-corrected chi connectivity index (χ4v) is 7.47. The van der Waals surface area contributed by atoms with E-state index < -0.39 is 64.4 Å². The fraction of sp³-hybridized carbons (Fsp3) is 0.469. The standard InChI is InChI=1S/C32H38N4O7/c1-34(2)14-15-8-7-9-16(10-15)18-13-21(35(3)4)19-11-17-12-20-25(36(5)6)28(39)24(31(33)42)30(41)32(20,43)29(40)22(17)27(38)23(19)26(18)37/h7-10,13,17,20,22,24-25,37,43H,11-12,14H2,1-6H3,(H2,33,42)/t17-,20-,22?,24?,25+,32-/m0/s1. The van der Waals surface area contributed by atoms with Crippen LogP contribution in [0.4, 0.5) is 5.69 Å². The summed E-state index contributed by atoms with van der Waals surface area (Å²) in [5.41, 5.74) is 5.97. The van der Waals surface area contributed by atoms with Crippen LogP contribution in [0.25, 0.3) is 11.1 Å². The number of phenols is 1. The van der Waals surface area contributed by atoms with Crippen LogP contribution >= 0.6 is 0 Å². The van der Waals surface area contributed by atoms with Gasteiger partial charge in [-0.2, -0.15) is 0 Å². The van der Waals surface area contributed by atoms with Crippen molar-refractivity contribution in [3.8, 4) is 16.9 Å². The van der Waals surface area contributed by atoms with Gasteiger partial charge < -0.3 is 25.7 Å². The molecule has 0 radical (unpaired) electrons. The van der Waals surface area contributed by atoms with Gasteiger partial charge in [0, 0.05) is 37.8 Å². The summed E-state index contributed by atoms with van der Waals surface area (Å²) in [4.78, 5) is 72.8. The monoisotopic (exact) mass is 590 g/mol. The molecule has 11 heteroatoms. The molecule has 3 aliphatic carbocycles. The van der Waals surface area contributed by atoms with Gasteiger partial charge in [0.1, 0.15) is 5.75 Å². The van der Waals surface area contributed by atoms with E-state index in [4.69, 9.17) is 5.73 Å². The number of aromatic hydroxyl groups is 1. The lowest BCUT2D eigenvalue weighted by Crippen LogP contribution is -2.74. The molecule has 2 saturated carbocycles. The van der Waals surface area contributed by atoms with E-state index >= 15 is 0 Å². The maximum Gasteiger partial charge on any atom is 0.235 e. The average molecular weight is 591 g/mol. The number of amides is 1. The molecule has 43 heavy (non-hydrogen) atoms.